The summed E-state index contributed by atoms with van der Waals surface area (Å²) in [5.41, 5.74) is -0.323. The summed E-state index contributed by atoms with van der Waals surface area (Å²) in [6.45, 7) is 0. The van der Waals surface area contributed by atoms with Crippen molar-refractivity contribution in [2.75, 3.05) is 18.2 Å². The fourth-order valence-corrected chi connectivity index (χ4v) is 7.10. The number of nitrogens with zero attached hydrogens (tertiary/aromatic N) is 2. The zero-order valence-corrected chi connectivity index (χ0v) is 22.0. The molecule has 0 fully saturated rings. The van der Waals surface area contributed by atoms with E-state index in [2.05, 4.69) is 15.3 Å². The third kappa shape index (κ3) is 6.18. The van der Waals surface area contributed by atoms with Crippen molar-refractivity contribution in [3.8, 4) is 10.6 Å². The van der Waals surface area contributed by atoms with Crippen LogP contribution in [-0.2, 0) is 38.4 Å². The molecule has 0 bridgehead atoms. The van der Waals surface area contributed by atoms with E-state index in [1.54, 1.807) is 11.4 Å². The quantitative estimate of drug-likeness (QED) is 0.293. The van der Waals surface area contributed by atoms with Crippen LogP contribution in [-0.4, -0.2) is 43.1 Å². The summed E-state index contributed by atoms with van der Waals surface area (Å²) in [4.78, 5) is 33.4. The van der Waals surface area contributed by atoms with Gasteiger partial charge in [0.25, 0.3) is 0 Å². The van der Waals surface area contributed by atoms with Crippen LogP contribution in [0.3, 0.4) is 0 Å². The van der Waals surface area contributed by atoms with Gasteiger partial charge in [-0.2, -0.15) is 13.2 Å². The van der Waals surface area contributed by atoms with Crippen molar-refractivity contribution in [2.45, 2.75) is 49.9 Å². The number of anilines is 1. The number of carbonyl (C=O) groups is 2. The molecule has 0 saturated carbocycles. The molecule has 0 aromatic carbocycles. The molecule has 3 aromatic rings. The molecular weight excluding hydrogens is 551 g/mol. The molecule has 1 amide bonds. The number of rotatable bonds is 8. The van der Waals surface area contributed by atoms with Crippen LogP contribution in [0.15, 0.2) is 28.7 Å². The monoisotopic (exact) mass is 573 g/mol. The molecule has 0 spiro atoms. The summed E-state index contributed by atoms with van der Waals surface area (Å²) in [5.74, 6) is -1.71. The number of nitrogens with one attached hydrogen (secondary N) is 1. The number of carbonyl (C=O) groups excluding carboxylic acids is 2. The van der Waals surface area contributed by atoms with Crippen LogP contribution in [0.2, 0.25) is 0 Å². The summed E-state index contributed by atoms with van der Waals surface area (Å²) in [7, 11) is -3.07. The van der Waals surface area contributed by atoms with E-state index in [9.17, 15) is 31.2 Å². The Morgan fingerprint density at radius 2 is 1.95 bits per heavy atom. The van der Waals surface area contributed by atoms with E-state index in [0.717, 1.165) is 41.0 Å². The first-order valence-corrected chi connectivity index (χ1v) is 14.6. The van der Waals surface area contributed by atoms with Gasteiger partial charge in [0.15, 0.2) is 0 Å². The Morgan fingerprint density at radius 1 is 1.19 bits per heavy atom. The lowest BCUT2D eigenvalue weighted by molar-refractivity contribution is -0.141. The Morgan fingerprint density at radius 3 is 2.62 bits per heavy atom. The molecule has 0 atom stereocenters. The second-order valence-electron chi connectivity index (χ2n) is 8.27. The molecule has 0 aliphatic heterocycles. The smallest absolute Gasteiger partial charge is 0.433 e. The van der Waals surface area contributed by atoms with Gasteiger partial charge in [-0.05, 0) is 55.2 Å². The first kappa shape index (κ1) is 27.2. The normalized spacial score (nSPS) is 13.7. The number of sulfone groups is 1. The van der Waals surface area contributed by atoms with Crippen molar-refractivity contribution in [3.05, 3.63) is 45.3 Å². The first-order valence-electron chi connectivity index (χ1n) is 11.2. The van der Waals surface area contributed by atoms with E-state index in [0.29, 0.717) is 27.9 Å². The highest BCUT2D eigenvalue weighted by Gasteiger charge is 2.35. The van der Waals surface area contributed by atoms with Crippen LogP contribution in [0.4, 0.5) is 18.2 Å². The highest BCUT2D eigenvalue weighted by molar-refractivity contribution is 7.91. The van der Waals surface area contributed by atoms with Crippen LogP contribution in [0.25, 0.3) is 10.6 Å². The lowest BCUT2D eigenvalue weighted by atomic mass is 9.95. The number of halogens is 3. The summed E-state index contributed by atoms with van der Waals surface area (Å²) in [6, 6.07) is 3.84. The van der Waals surface area contributed by atoms with E-state index < -0.39 is 44.5 Å². The third-order valence-electron chi connectivity index (χ3n) is 5.68. The third-order valence-corrected chi connectivity index (χ3v) is 9.34. The van der Waals surface area contributed by atoms with E-state index in [1.807, 2.05) is 0 Å². The van der Waals surface area contributed by atoms with E-state index in [-0.39, 0.29) is 18.5 Å². The number of hydrogen-bond donors (Lipinski definition) is 1. The Labute approximate surface area is 218 Å². The Kier molecular flexibility index (Phi) is 7.99. The van der Waals surface area contributed by atoms with Crippen LogP contribution < -0.4 is 5.32 Å². The molecule has 0 unspecified atom stereocenters. The first-order chi connectivity index (χ1) is 17.5. The maximum Gasteiger partial charge on any atom is 0.433 e. The van der Waals surface area contributed by atoms with Crippen molar-refractivity contribution in [1.29, 1.82) is 0 Å². The SMILES string of the molecule is COC(=O)c1c(NC(=O)CCCS(=O)(=O)c2nc(-c3cccs3)cc(C(F)(F)F)n2)sc2c1CCCC2. The number of esters is 1. The van der Waals surface area contributed by atoms with Crippen molar-refractivity contribution >= 4 is 49.4 Å². The number of amides is 1. The molecule has 8 nitrogen and oxygen atoms in total. The minimum Gasteiger partial charge on any atom is -0.465 e. The van der Waals surface area contributed by atoms with Gasteiger partial charge in [0, 0.05) is 11.3 Å². The summed E-state index contributed by atoms with van der Waals surface area (Å²) in [5, 5.41) is 3.72. The van der Waals surface area contributed by atoms with Crippen LogP contribution in [0.5, 0.6) is 0 Å². The summed E-state index contributed by atoms with van der Waals surface area (Å²) < 4.78 is 70.6. The summed E-state index contributed by atoms with van der Waals surface area (Å²) >= 11 is 2.41. The molecule has 198 valence electrons. The van der Waals surface area contributed by atoms with Crippen LogP contribution >= 0.6 is 22.7 Å². The van der Waals surface area contributed by atoms with Gasteiger partial charge in [0.05, 0.1) is 29.0 Å². The van der Waals surface area contributed by atoms with Crippen LogP contribution in [0.1, 0.15) is 52.2 Å². The average Bonchev–Trinajstić information content (AvgIpc) is 3.51. The zero-order chi connectivity index (χ0) is 26.8. The highest BCUT2D eigenvalue weighted by Crippen LogP contribution is 2.38. The molecule has 3 aromatic heterocycles. The lowest BCUT2D eigenvalue weighted by Crippen LogP contribution is -2.18. The van der Waals surface area contributed by atoms with Gasteiger partial charge in [0.2, 0.25) is 20.9 Å². The molecule has 0 saturated heterocycles. The second-order valence-corrected chi connectivity index (χ2v) is 12.3. The highest BCUT2D eigenvalue weighted by atomic mass is 32.2. The molecule has 1 N–H and O–H groups in total. The van der Waals surface area contributed by atoms with E-state index in [1.165, 1.54) is 24.5 Å². The van der Waals surface area contributed by atoms with E-state index >= 15 is 0 Å². The molecule has 3 heterocycles. The van der Waals surface area contributed by atoms with Crippen molar-refractivity contribution in [2.24, 2.45) is 0 Å². The number of aryl methyl sites for hydroxylation is 1. The van der Waals surface area contributed by atoms with Gasteiger partial charge in [-0.1, -0.05) is 6.07 Å². The van der Waals surface area contributed by atoms with E-state index in [4.69, 9.17) is 4.74 Å². The van der Waals surface area contributed by atoms with Crippen LogP contribution in [0, 0.1) is 0 Å². The average molecular weight is 574 g/mol. The lowest BCUT2D eigenvalue weighted by Gasteiger charge is -2.12. The molecule has 14 heteroatoms. The van der Waals surface area contributed by atoms with Crippen molar-refractivity contribution in [3.63, 3.8) is 0 Å². The fraction of sp³-hybridized carbons (Fsp3) is 0.391. The number of ether oxygens (including phenoxy) is 1. The van der Waals surface area contributed by atoms with Gasteiger partial charge >= 0.3 is 12.1 Å². The van der Waals surface area contributed by atoms with Gasteiger partial charge in [0.1, 0.15) is 10.7 Å². The Bertz CT molecular complexity index is 1420. The molecule has 1 aliphatic carbocycles. The van der Waals surface area contributed by atoms with Gasteiger partial charge in [-0.15, -0.1) is 22.7 Å². The van der Waals surface area contributed by atoms with Gasteiger partial charge in [-0.25, -0.2) is 23.2 Å². The largest absolute Gasteiger partial charge is 0.465 e. The topological polar surface area (TPSA) is 115 Å². The zero-order valence-electron chi connectivity index (χ0n) is 19.6. The maximum atomic E-state index is 13.4. The van der Waals surface area contributed by atoms with Gasteiger partial charge in [-0.3, -0.25) is 4.79 Å². The fourth-order valence-electron chi connectivity index (χ4n) is 3.94. The minimum absolute atomic E-state index is 0.148. The Balaban J connectivity index is 1.47. The molecular formula is C23H22F3N3O5S3. The number of thiophene rings is 2. The van der Waals surface area contributed by atoms with Crippen molar-refractivity contribution < 1.29 is 35.9 Å². The number of hydrogen-bond acceptors (Lipinski definition) is 9. The number of fused-ring (bicyclic) bond motifs is 1. The molecule has 4 rings (SSSR count). The number of methoxy groups -OCH3 is 1. The minimum atomic E-state index is -4.86. The molecule has 37 heavy (non-hydrogen) atoms. The van der Waals surface area contributed by atoms with Crippen molar-refractivity contribution in [1.82, 2.24) is 9.97 Å². The maximum absolute atomic E-state index is 13.4. The number of alkyl halides is 3. The predicted octanol–water partition coefficient (Wildman–Crippen LogP) is 5.14. The number of aromatic nitrogens is 2. The second kappa shape index (κ2) is 10.9. The molecule has 1 aliphatic rings. The predicted molar refractivity (Wildman–Crippen MR) is 133 cm³/mol. The van der Waals surface area contributed by atoms with Gasteiger partial charge < -0.3 is 10.1 Å². The Hall–Kier alpha value is -2.84. The standard InChI is InChI=1S/C23H22F3N3O5S3/c1-34-21(31)19-13-6-2-3-7-15(13)36-20(19)29-18(30)9-5-11-37(32,33)22-27-14(16-8-4-10-35-16)12-17(28-22)23(24,25)26/h4,8,10,12H,2-3,5-7,9,11H2,1H3,(H,29,30). The summed E-state index contributed by atoms with van der Waals surface area (Å²) in [6.07, 6.45) is -1.89. The molecule has 0 radical (unpaired) electrons.